The van der Waals surface area contributed by atoms with E-state index in [-0.39, 0.29) is 18.8 Å². The van der Waals surface area contributed by atoms with Gasteiger partial charge in [0.2, 0.25) is 0 Å². The van der Waals surface area contributed by atoms with Crippen LogP contribution in [-0.2, 0) is 16.1 Å². The summed E-state index contributed by atoms with van der Waals surface area (Å²) in [6, 6.07) is 17.6. The minimum absolute atomic E-state index is 0.189. The van der Waals surface area contributed by atoms with Crippen molar-refractivity contribution in [3.05, 3.63) is 123 Å². The first-order chi connectivity index (χ1) is 20.7. The Morgan fingerprint density at radius 3 is 2.44 bits per heavy atom. The van der Waals surface area contributed by atoms with Crippen LogP contribution in [0.1, 0.15) is 43.5 Å². The summed E-state index contributed by atoms with van der Waals surface area (Å²) in [4.78, 5) is 32.3. The Morgan fingerprint density at radius 1 is 1.05 bits per heavy atom. The number of benzene rings is 3. The number of halogens is 3. The van der Waals surface area contributed by atoms with Crippen molar-refractivity contribution in [1.29, 1.82) is 0 Å². The van der Waals surface area contributed by atoms with E-state index >= 15 is 0 Å². The van der Waals surface area contributed by atoms with Crippen LogP contribution in [0, 0.1) is 0 Å². The van der Waals surface area contributed by atoms with Gasteiger partial charge in [0.25, 0.3) is 5.56 Å². The quantitative estimate of drug-likeness (QED) is 0.179. The lowest BCUT2D eigenvalue weighted by Gasteiger charge is -2.24. The molecule has 0 saturated heterocycles. The van der Waals surface area contributed by atoms with E-state index < -0.39 is 12.0 Å². The van der Waals surface area contributed by atoms with Crippen LogP contribution >= 0.6 is 50.5 Å². The molecular weight excluding hydrogens is 675 g/mol. The van der Waals surface area contributed by atoms with Gasteiger partial charge in [-0.2, -0.15) is 0 Å². The molecule has 0 N–H and O–H groups in total. The molecule has 0 bridgehead atoms. The predicted molar refractivity (Wildman–Crippen MR) is 173 cm³/mol. The standard InChI is InChI=1S/C32H27BrCl2N2O5S/c1-4-40-24-12-8-20(9-13-24)28-27(31(39)41-5-2)18(3)36-32-37(28)30(38)26(43-32)15-21-14-23(34)16-25(35)29(21)42-17-19-6-10-22(33)11-7-19/h6-16,28H,4-5,17H2,1-3H3/b26-15-/t28-/m1/s1. The molecule has 0 amide bonds. The summed E-state index contributed by atoms with van der Waals surface area (Å²) in [5.74, 6) is 0.555. The zero-order chi connectivity index (χ0) is 30.7. The molecule has 11 heteroatoms. The summed E-state index contributed by atoms with van der Waals surface area (Å²) in [5.41, 5.74) is 2.66. The summed E-state index contributed by atoms with van der Waals surface area (Å²) in [6.07, 6.45) is 1.69. The topological polar surface area (TPSA) is 79.1 Å². The lowest BCUT2D eigenvalue weighted by Crippen LogP contribution is -2.39. The molecule has 2 heterocycles. The zero-order valence-corrected chi connectivity index (χ0v) is 27.4. The van der Waals surface area contributed by atoms with Gasteiger partial charge in [0.15, 0.2) is 4.80 Å². The average molecular weight is 702 g/mol. The van der Waals surface area contributed by atoms with E-state index in [2.05, 4.69) is 20.9 Å². The van der Waals surface area contributed by atoms with Crippen LogP contribution in [0.2, 0.25) is 10.0 Å². The van der Waals surface area contributed by atoms with Crippen LogP contribution in [-0.4, -0.2) is 23.8 Å². The van der Waals surface area contributed by atoms with Gasteiger partial charge in [-0.3, -0.25) is 9.36 Å². The molecule has 1 aromatic heterocycles. The third-order valence-electron chi connectivity index (χ3n) is 6.64. The van der Waals surface area contributed by atoms with E-state index in [1.54, 1.807) is 32.1 Å². The molecule has 1 atom stereocenters. The molecule has 0 spiro atoms. The lowest BCUT2D eigenvalue weighted by molar-refractivity contribution is -0.139. The van der Waals surface area contributed by atoms with Gasteiger partial charge in [0, 0.05) is 15.1 Å². The van der Waals surface area contributed by atoms with Crippen LogP contribution in [0.4, 0.5) is 0 Å². The highest BCUT2D eigenvalue weighted by atomic mass is 79.9. The number of rotatable bonds is 9. The molecule has 4 aromatic rings. The molecule has 1 aliphatic rings. The molecule has 0 saturated carbocycles. The Kier molecular flexibility index (Phi) is 9.76. The molecule has 0 fully saturated rings. The van der Waals surface area contributed by atoms with Crippen LogP contribution in [0.5, 0.6) is 11.5 Å². The highest BCUT2D eigenvalue weighted by Crippen LogP contribution is 2.34. The smallest absolute Gasteiger partial charge is 0.338 e. The fourth-order valence-corrected chi connectivity index (χ4v) is 6.60. The van der Waals surface area contributed by atoms with Crippen molar-refractivity contribution in [3.63, 3.8) is 0 Å². The van der Waals surface area contributed by atoms with E-state index in [1.807, 2.05) is 55.5 Å². The van der Waals surface area contributed by atoms with E-state index in [4.69, 9.17) is 37.4 Å². The second-order valence-corrected chi connectivity index (χ2v) is 12.3. The minimum atomic E-state index is -0.746. The van der Waals surface area contributed by atoms with Gasteiger partial charge >= 0.3 is 5.97 Å². The highest BCUT2D eigenvalue weighted by Gasteiger charge is 2.33. The number of fused-ring (bicyclic) bond motifs is 1. The maximum atomic E-state index is 14.1. The SMILES string of the molecule is CCOC(=O)C1=C(C)N=c2s/c(=C\c3cc(Cl)cc(Cl)c3OCc3ccc(Br)cc3)c(=O)n2[C@@H]1c1ccc(OCC)cc1. The lowest BCUT2D eigenvalue weighted by atomic mass is 9.96. The number of nitrogens with zero attached hydrogens (tertiary/aromatic N) is 2. The Hall–Kier alpha value is -3.37. The molecule has 5 rings (SSSR count). The van der Waals surface area contributed by atoms with Gasteiger partial charge < -0.3 is 14.2 Å². The fraction of sp³-hybridized carbons (Fsp3) is 0.219. The first-order valence-electron chi connectivity index (χ1n) is 13.5. The molecular formula is C32H27BrCl2N2O5S. The maximum absolute atomic E-state index is 14.1. The van der Waals surface area contributed by atoms with Gasteiger partial charge in [-0.25, -0.2) is 9.79 Å². The number of allylic oxidation sites excluding steroid dienone is 1. The molecule has 7 nitrogen and oxygen atoms in total. The number of esters is 1. The highest BCUT2D eigenvalue weighted by molar-refractivity contribution is 9.10. The van der Waals surface area contributed by atoms with Crippen molar-refractivity contribution in [2.24, 2.45) is 4.99 Å². The van der Waals surface area contributed by atoms with Crippen molar-refractivity contribution in [3.8, 4) is 11.5 Å². The molecule has 0 unspecified atom stereocenters. The molecule has 43 heavy (non-hydrogen) atoms. The third-order valence-corrected chi connectivity index (χ3v) is 8.65. The van der Waals surface area contributed by atoms with E-state index in [0.717, 1.165) is 15.6 Å². The van der Waals surface area contributed by atoms with Gasteiger partial charge in [0.1, 0.15) is 18.1 Å². The van der Waals surface area contributed by atoms with Crippen LogP contribution in [0.25, 0.3) is 6.08 Å². The summed E-state index contributed by atoms with van der Waals surface area (Å²) in [7, 11) is 0. The van der Waals surface area contributed by atoms with E-state index in [1.165, 1.54) is 15.9 Å². The number of carbonyl (C=O) groups excluding carboxylic acids is 1. The third kappa shape index (κ3) is 6.75. The number of thiazole rings is 1. The first-order valence-corrected chi connectivity index (χ1v) is 15.8. The van der Waals surface area contributed by atoms with Crippen LogP contribution in [0.15, 0.2) is 86.2 Å². The van der Waals surface area contributed by atoms with Crippen LogP contribution in [0.3, 0.4) is 0 Å². The summed E-state index contributed by atoms with van der Waals surface area (Å²) in [5, 5.41) is 0.712. The van der Waals surface area contributed by atoms with Crippen molar-refractivity contribution in [2.75, 3.05) is 13.2 Å². The Morgan fingerprint density at radius 2 is 1.77 bits per heavy atom. The number of hydrogen-bond acceptors (Lipinski definition) is 7. The van der Waals surface area contributed by atoms with E-state index in [9.17, 15) is 9.59 Å². The normalized spacial score (nSPS) is 14.7. The van der Waals surface area contributed by atoms with Crippen molar-refractivity contribution >= 4 is 62.5 Å². The Labute approximate surface area is 270 Å². The molecule has 1 aliphatic heterocycles. The van der Waals surface area contributed by atoms with Gasteiger partial charge in [0.05, 0.1) is 40.1 Å². The molecule has 3 aromatic carbocycles. The Bertz CT molecular complexity index is 1880. The maximum Gasteiger partial charge on any atom is 0.338 e. The minimum Gasteiger partial charge on any atom is -0.494 e. The van der Waals surface area contributed by atoms with Gasteiger partial charge in [-0.1, -0.05) is 74.7 Å². The monoisotopic (exact) mass is 700 g/mol. The number of ether oxygens (including phenoxy) is 3. The fourth-order valence-electron chi connectivity index (χ4n) is 4.74. The van der Waals surface area contributed by atoms with Crippen LogP contribution < -0.4 is 24.4 Å². The predicted octanol–water partition coefficient (Wildman–Crippen LogP) is 6.85. The molecule has 0 aliphatic carbocycles. The molecule has 222 valence electrons. The summed E-state index contributed by atoms with van der Waals surface area (Å²) >= 11 is 17.6. The Balaban J connectivity index is 1.63. The summed E-state index contributed by atoms with van der Waals surface area (Å²) < 4.78 is 20.0. The van der Waals surface area contributed by atoms with Gasteiger partial charge in [-0.05, 0) is 74.4 Å². The van der Waals surface area contributed by atoms with Crippen molar-refractivity contribution < 1.29 is 19.0 Å². The first kappa shape index (κ1) is 31.1. The van der Waals surface area contributed by atoms with Crippen molar-refractivity contribution in [1.82, 2.24) is 4.57 Å². The largest absolute Gasteiger partial charge is 0.494 e. The number of hydrogen-bond donors (Lipinski definition) is 0. The number of aromatic nitrogens is 1. The zero-order valence-electron chi connectivity index (χ0n) is 23.5. The van der Waals surface area contributed by atoms with Crippen molar-refractivity contribution in [2.45, 2.75) is 33.4 Å². The molecule has 0 radical (unpaired) electrons. The summed E-state index contributed by atoms with van der Waals surface area (Å²) in [6.45, 7) is 6.35. The number of carbonyl (C=O) groups is 1. The van der Waals surface area contributed by atoms with E-state index in [0.29, 0.717) is 54.3 Å². The average Bonchev–Trinajstić information content (AvgIpc) is 3.27. The second kappa shape index (κ2) is 13.5. The van der Waals surface area contributed by atoms with Gasteiger partial charge in [-0.15, -0.1) is 0 Å². The second-order valence-electron chi connectivity index (χ2n) is 9.53.